The highest BCUT2D eigenvalue weighted by Crippen LogP contribution is 2.35. The number of halogens is 1. The molecule has 2 aromatic rings. The van der Waals surface area contributed by atoms with E-state index in [2.05, 4.69) is 10.2 Å². The zero-order chi connectivity index (χ0) is 12.0. The predicted molar refractivity (Wildman–Crippen MR) is 66.8 cm³/mol. The molecule has 1 N–H and O–H groups in total. The van der Waals surface area contributed by atoms with E-state index < -0.39 is 0 Å². The largest absolute Gasteiger partial charge is 0.332 e. The summed E-state index contributed by atoms with van der Waals surface area (Å²) in [6, 6.07) is 3.84. The van der Waals surface area contributed by atoms with Crippen molar-refractivity contribution in [3.8, 4) is 10.6 Å². The van der Waals surface area contributed by atoms with Crippen molar-refractivity contribution in [2.75, 3.05) is 0 Å². The first-order chi connectivity index (χ1) is 8.15. The molecule has 0 aromatic carbocycles. The van der Waals surface area contributed by atoms with E-state index in [1.165, 1.54) is 11.3 Å². The van der Waals surface area contributed by atoms with Crippen LogP contribution in [-0.2, 0) is 17.9 Å². The van der Waals surface area contributed by atoms with Gasteiger partial charge in [-0.3, -0.25) is 9.89 Å². The number of nitrogens with zero attached hydrogens (tertiary/aromatic N) is 2. The third-order valence-electron chi connectivity index (χ3n) is 2.91. The van der Waals surface area contributed by atoms with Gasteiger partial charge in [0.15, 0.2) is 0 Å². The van der Waals surface area contributed by atoms with Crippen LogP contribution in [0.3, 0.4) is 0 Å². The van der Waals surface area contributed by atoms with Crippen LogP contribution >= 0.6 is 22.9 Å². The molecule has 1 amide bonds. The summed E-state index contributed by atoms with van der Waals surface area (Å²) in [5, 5.41) is 7.29. The molecule has 0 aliphatic carbocycles. The lowest BCUT2D eigenvalue weighted by Gasteiger charge is -2.11. The summed E-state index contributed by atoms with van der Waals surface area (Å²) < 4.78 is 0.754. The molecule has 88 valence electrons. The molecule has 3 rings (SSSR count). The van der Waals surface area contributed by atoms with Crippen LogP contribution in [0.15, 0.2) is 12.1 Å². The van der Waals surface area contributed by atoms with Gasteiger partial charge in [0, 0.05) is 12.5 Å². The third-order valence-corrected chi connectivity index (χ3v) is 4.16. The summed E-state index contributed by atoms with van der Waals surface area (Å²) in [6.45, 7) is 2.81. The highest BCUT2D eigenvalue weighted by molar-refractivity contribution is 7.19. The second-order valence-corrected chi connectivity index (χ2v) is 5.72. The zero-order valence-corrected chi connectivity index (χ0v) is 10.7. The average molecular weight is 268 g/mol. The zero-order valence-electron chi connectivity index (χ0n) is 9.16. The van der Waals surface area contributed by atoms with Crippen LogP contribution in [0.25, 0.3) is 10.6 Å². The van der Waals surface area contributed by atoms with E-state index in [-0.39, 0.29) is 5.91 Å². The number of nitrogens with one attached hydrogen (secondary N) is 1. The van der Waals surface area contributed by atoms with Crippen molar-refractivity contribution in [1.82, 2.24) is 15.1 Å². The lowest BCUT2D eigenvalue weighted by atomic mass is 10.2. The number of carbonyl (C=O) groups excluding carboxylic acids is 1. The fourth-order valence-electron chi connectivity index (χ4n) is 2.01. The Kier molecular flexibility index (Phi) is 2.45. The lowest BCUT2D eigenvalue weighted by molar-refractivity contribution is -0.129. The first-order valence-electron chi connectivity index (χ1n) is 5.22. The maximum atomic E-state index is 11.3. The van der Waals surface area contributed by atoms with Crippen LogP contribution < -0.4 is 0 Å². The molecule has 0 fully saturated rings. The molecule has 1 aliphatic heterocycles. The van der Waals surface area contributed by atoms with Crippen molar-refractivity contribution in [1.29, 1.82) is 0 Å². The summed E-state index contributed by atoms with van der Waals surface area (Å²) in [5.41, 5.74) is 3.05. The van der Waals surface area contributed by atoms with Gasteiger partial charge in [-0.05, 0) is 12.1 Å². The van der Waals surface area contributed by atoms with Crippen LogP contribution in [0, 0.1) is 0 Å². The highest BCUT2D eigenvalue weighted by Gasteiger charge is 2.27. The van der Waals surface area contributed by atoms with Gasteiger partial charge in [0.25, 0.3) is 0 Å². The Balaban J connectivity index is 1.98. The molecule has 6 heteroatoms. The minimum absolute atomic E-state index is 0.0816. The quantitative estimate of drug-likeness (QED) is 0.864. The first kappa shape index (κ1) is 10.8. The predicted octanol–water partition coefficient (Wildman–Crippen LogP) is 2.65. The van der Waals surface area contributed by atoms with Crippen LogP contribution in [-0.4, -0.2) is 21.0 Å². The molecular formula is C11H10ClN3OS. The molecule has 0 spiro atoms. The van der Waals surface area contributed by atoms with E-state index in [9.17, 15) is 4.79 Å². The Labute approximate surface area is 107 Å². The van der Waals surface area contributed by atoms with Crippen LogP contribution in [0.5, 0.6) is 0 Å². The normalized spacial score (nSPS) is 14.1. The summed E-state index contributed by atoms with van der Waals surface area (Å²) in [7, 11) is 0. The van der Waals surface area contributed by atoms with Gasteiger partial charge in [-0.1, -0.05) is 11.6 Å². The van der Waals surface area contributed by atoms with Gasteiger partial charge in [-0.2, -0.15) is 5.10 Å². The van der Waals surface area contributed by atoms with Gasteiger partial charge in [0.2, 0.25) is 5.91 Å². The Hall–Kier alpha value is -1.33. The molecule has 0 unspecified atom stereocenters. The van der Waals surface area contributed by atoms with Gasteiger partial charge in [0.1, 0.15) is 0 Å². The SMILES string of the molecule is CC(=O)N1Cc2n[nH]c(-c3ccc(Cl)s3)c2C1. The molecule has 0 saturated carbocycles. The topological polar surface area (TPSA) is 49.0 Å². The monoisotopic (exact) mass is 267 g/mol. The molecule has 4 nitrogen and oxygen atoms in total. The van der Waals surface area contributed by atoms with Gasteiger partial charge < -0.3 is 4.90 Å². The van der Waals surface area contributed by atoms with E-state index in [0.717, 1.165) is 26.2 Å². The van der Waals surface area contributed by atoms with E-state index in [1.807, 2.05) is 12.1 Å². The van der Waals surface area contributed by atoms with E-state index in [1.54, 1.807) is 11.8 Å². The fraction of sp³-hybridized carbons (Fsp3) is 0.273. The minimum Gasteiger partial charge on any atom is -0.332 e. The number of thiophene rings is 1. The van der Waals surface area contributed by atoms with Crippen molar-refractivity contribution in [3.63, 3.8) is 0 Å². The number of rotatable bonds is 1. The smallest absolute Gasteiger partial charge is 0.220 e. The molecule has 3 heterocycles. The summed E-state index contributed by atoms with van der Waals surface area (Å²) >= 11 is 7.44. The van der Waals surface area contributed by atoms with Crippen molar-refractivity contribution in [2.24, 2.45) is 0 Å². The number of hydrogen-bond acceptors (Lipinski definition) is 3. The summed E-state index contributed by atoms with van der Waals surface area (Å²) in [5.74, 6) is 0.0816. The van der Waals surface area contributed by atoms with Gasteiger partial charge in [0.05, 0.1) is 33.7 Å². The Bertz CT molecular complexity index is 589. The van der Waals surface area contributed by atoms with E-state index in [4.69, 9.17) is 11.6 Å². The lowest BCUT2D eigenvalue weighted by Crippen LogP contribution is -2.22. The molecule has 17 heavy (non-hydrogen) atoms. The first-order valence-corrected chi connectivity index (χ1v) is 6.42. The molecule has 2 aromatic heterocycles. The standard InChI is InChI=1S/C11H10ClN3OS/c1-6(16)15-4-7-8(5-15)13-14-11(7)9-2-3-10(12)17-9/h2-3H,4-5H2,1H3,(H,13,14). The molecular weight excluding hydrogens is 258 g/mol. The maximum Gasteiger partial charge on any atom is 0.220 e. The molecule has 0 bridgehead atoms. The fourth-order valence-corrected chi connectivity index (χ4v) is 3.07. The summed E-state index contributed by atoms with van der Waals surface area (Å²) in [6.07, 6.45) is 0. The third kappa shape index (κ3) is 1.75. The van der Waals surface area contributed by atoms with Gasteiger partial charge in [-0.25, -0.2) is 0 Å². The average Bonchev–Trinajstić information content (AvgIpc) is 2.90. The van der Waals surface area contributed by atoms with E-state index >= 15 is 0 Å². The Morgan fingerprint density at radius 1 is 1.53 bits per heavy atom. The molecule has 0 radical (unpaired) electrons. The molecule has 0 atom stereocenters. The number of aromatic amines is 1. The van der Waals surface area contributed by atoms with Crippen molar-refractivity contribution in [3.05, 3.63) is 27.7 Å². The number of aromatic nitrogens is 2. The number of H-pyrrole nitrogens is 1. The Morgan fingerprint density at radius 3 is 3.00 bits per heavy atom. The minimum atomic E-state index is 0.0816. The van der Waals surface area contributed by atoms with Gasteiger partial charge in [-0.15, -0.1) is 11.3 Å². The van der Waals surface area contributed by atoms with Crippen LogP contribution in [0.2, 0.25) is 4.34 Å². The number of amides is 1. The second kappa shape index (κ2) is 3.85. The van der Waals surface area contributed by atoms with Gasteiger partial charge >= 0.3 is 0 Å². The van der Waals surface area contributed by atoms with Crippen LogP contribution in [0.4, 0.5) is 0 Å². The number of carbonyl (C=O) groups is 1. The Morgan fingerprint density at radius 2 is 2.35 bits per heavy atom. The highest BCUT2D eigenvalue weighted by atomic mass is 35.5. The summed E-state index contributed by atoms with van der Waals surface area (Å²) in [4.78, 5) is 14.2. The number of hydrogen-bond donors (Lipinski definition) is 1. The van der Waals surface area contributed by atoms with Crippen molar-refractivity contribution >= 4 is 28.8 Å². The van der Waals surface area contributed by atoms with Crippen molar-refractivity contribution < 1.29 is 4.79 Å². The van der Waals surface area contributed by atoms with Crippen molar-refractivity contribution in [2.45, 2.75) is 20.0 Å². The molecule has 1 aliphatic rings. The second-order valence-electron chi connectivity index (χ2n) is 4.00. The van der Waals surface area contributed by atoms with Crippen LogP contribution in [0.1, 0.15) is 18.2 Å². The maximum absolute atomic E-state index is 11.3. The van der Waals surface area contributed by atoms with E-state index in [0.29, 0.717) is 13.1 Å². The molecule has 0 saturated heterocycles. The number of fused-ring (bicyclic) bond motifs is 1.